The highest BCUT2D eigenvalue weighted by molar-refractivity contribution is 8.14. The van der Waals surface area contributed by atoms with Gasteiger partial charge < -0.3 is 4.74 Å². The standard InChI is InChI=1S/C6H8O3S/c1-4(7)10-5-2-3-9-6(5)8/h5H,2-3H2,1H3. The van der Waals surface area contributed by atoms with Crippen molar-refractivity contribution in [3.05, 3.63) is 0 Å². The zero-order valence-corrected chi connectivity index (χ0v) is 6.44. The van der Waals surface area contributed by atoms with E-state index in [1.54, 1.807) is 0 Å². The number of ether oxygens (including phenoxy) is 1. The molecule has 56 valence electrons. The minimum absolute atomic E-state index is 0.0242. The summed E-state index contributed by atoms with van der Waals surface area (Å²) in [5.41, 5.74) is 0. The van der Waals surface area contributed by atoms with Gasteiger partial charge in [0.25, 0.3) is 0 Å². The molecule has 0 bridgehead atoms. The summed E-state index contributed by atoms with van der Waals surface area (Å²) >= 11 is 1.06. The zero-order valence-electron chi connectivity index (χ0n) is 5.62. The first-order chi connectivity index (χ1) is 4.70. The van der Waals surface area contributed by atoms with E-state index in [0.717, 1.165) is 11.8 Å². The highest BCUT2D eigenvalue weighted by atomic mass is 32.2. The Hall–Kier alpha value is -0.510. The molecule has 1 aliphatic heterocycles. The Morgan fingerprint density at radius 2 is 2.50 bits per heavy atom. The fourth-order valence-corrected chi connectivity index (χ4v) is 1.56. The van der Waals surface area contributed by atoms with Crippen LogP contribution in [0.15, 0.2) is 0 Å². The largest absolute Gasteiger partial charge is 0.465 e. The molecule has 1 fully saturated rings. The van der Waals surface area contributed by atoms with Crippen molar-refractivity contribution in [1.82, 2.24) is 0 Å². The SMILES string of the molecule is CC(=O)SC1CCOC1=O. The van der Waals surface area contributed by atoms with Crippen LogP contribution in [-0.4, -0.2) is 22.9 Å². The Bertz CT molecular complexity index is 166. The first kappa shape index (κ1) is 7.60. The number of carbonyl (C=O) groups is 2. The van der Waals surface area contributed by atoms with Crippen molar-refractivity contribution in [3.63, 3.8) is 0 Å². The summed E-state index contributed by atoms with van der Waals surface area (Å²) in [7, 11) is 0. The second-order valence-electron chi connectivity index (χ2n) is 2.05. The summed E-state index contributed by atoms with van der Waals surface area (Å²) in [5, 5.41) is -0.263. The fourth-order valence-electron chi connectivity index (χ4n) is 0.785. The van der Waals surface area contributed by atoms with Gasteiger partial charge in [-0.05, 0) is 0 Å². The second kappa shape index (κ2) is 3.05. The molecule has 0 aliphatic carbocycles. The van der Waals surface area contributed by atoms with Gasteiger partial charge in [0, 0.05) is 13.3 Å². The Balaban J connectivity index is 2.40. The molecule has 0 N–H and O–H groups in total. The van der Waals surface area contributed by atoms with Crippen molar-refractivity contribution in [2.45, 2.75) is 18.6 Å². The molecule has 0 aromatic heterocycles. The summed E-state index contributed by atoms with van der Waals surface area (Å²) in [6.07, 6.45) is 0.670. The van der Waals surface area contributed by atoms with E-state index in [0.29, 0.717) is 13.0 Å². The lowest BCUT2D eigenvalue weighted by atomic mass is 10.4. The lowest BCUT2D eigenvalue weighted by Crippen LogP contribution is -2.11. The van der Waals surface area contributed by atoms with E-state index >= 15 is 0 Å². The third-order valence-corrected chi connectivity index (χ3v) is 2.24. The number of hydrogen-bond donors (Lipinski definition) is 0. The van der Waals surface area contributed by atoms with Crippen molar-refractivity contribution in [2.24, 2.45) is 0 Å². The molecule has 1 heterocycles. The van der Waals surface area contributed by atoms with Crippen LogP contribution in [0.3, 0.4) is 0 Å². The molecule has 1 saturated heterocycles. The van der Waals surface area contributed by atoms with Crippen molar-refractivity contribution in [1.29, 1.82) is 0 Å². The van der Waals surface area contributed by atoms with Crippen LogP contribution in [0.25, 0.3) is 0 Å². The molecule has 1 atom stereocenters. The highest BCUT2D eigenvalue weighted by Gasteiger charge is 2.27. The van der Waals surface area contributed by atoms with Gasteiger partial charge in [0.2, 0.25) is 0 Å². The van der Waals surface area contributed by atoms with Gasteiger partial charge in [0.05, 0.1) is 6.61 Å². The number of esters is 1. The molecule has 3 nitrogen and oxygen atoms in total. The maximum absolute atomic E-state index is 10.7. The predicted octanol–water partition coefficient (Wildman–Crippen LogP) is 0.582. The van der Waals surface area contributed by atoms with Gasteiger partial charge in [-0.2, -0.15) is 0 Å². The number of carbonyl (C=O) groups excluding carboxylic acids is 2. The van der Waals surface area contributed by atoms with E-state index in [2.05, 4.69) is 4.74 Å². The molecule has 0 aromatic rings. The van der Waals surface area contributed by atoms with Crippen LogP contribution in [0.5, 0.6) is 0 Å². The smallest absolute Gasteiger partial charge is 0.319 e. The van der Waals surface area contributed by atoms with E-state index in [1.807, 2.05) is 0 Å². The van der Waals surface area contributed by atoms with Crippen molar-refractivity contribution in [3.8, 4) is 0 Å². The fraction of sp³-hybridized carbons (Fsp3) is 0.667. The maximum atomic E-state index is 10.7. The van der Waals surface area contributed by atoms with Crippen LogP contribution in [0.4, 0.5) is 0 Å². The molecule has 0 amide bonds. The van der Waals surface area contributed by atoms with Gasteiger partial charge in [-0.3, -0.25) is 9.59 Å². The topological polar surface area (TPSA) is 43.4 Å². The van der Waals surface area contributed by atoms with Crippen LogP contribution in [-0.2, 0) is 14.3 Å². The number of thioether (sulfide) groups is 1. The molecule has 0 aromatic carbocycles. The van der Waals surface area contributed by atoms with E-state index in [-0.39, 0.29) is 16.3 Å². The third-order valence-electron chi connectivity index (χ3n) is 1.20. The highest BCUT2D eigenvalue weighted by Crippen LogP contribution is 2.21. The van der Waals surface area contributed by atoms with Crippen LogP contribution < -0.4 is 0 Å². The minimum Gasteiger partial charge on any atom is -0.465 e. The minimum atomic E-state index is -0.250. The van der Waals surface area contributed by atoms with E-state index in [4.69, 9.17) is 0 Å². The van der Waals surface area contributed by atoms with Gasteiger partial charge in [-0.15, -0.1) is 0 Å². The van der Waals surface area contributed by atoms with E-state index in [1.165, 1.54) is 6.92 Å². The Kier molecular flexibility index (Phi) is 2.32. The van der Waals surface area contributed by atoms with Crippen molar-refractivity contribution < 1.29 is 14.3 Å². The van der Waals surface area contributed by atoms with Crippen LogP contribution in [0.2, 0.25) is 0 Å². The molecule has 0 saturated carbocycles. The summed E-state index contributed by atoms with van der Waals surface area (Å²) in [6, 6.07) is 0. The predicted molar refractivity (Wildman–Crippen MR) is 37.6 cm³/mol. The summed E-state index contributed by atoms with van der Waals surface area (Å²) < 4.78 is 4.65. The van der Waals surface area contributed by atoms with Gasteiger partial charge >= 0.3 is 5.97 Å². The molecule has 1 unspecified atom stereocenters. The molecule has 1 rings (SSSR count). The average molecular weight is 160 g/mol. The van der Waals surface area contributed by atoms with Crippen LogP contribution in [0, 0.1) is 0 Å². The molecule has 0 spiro atoms. The van der Waals surface area contributed by atoms with Gasteiger partial charge in [0.15, 0.2) is 5.12 Å². The van der Waals surface area contributed by atoms with Crippen LogP contribution >= 0.6 is 11.8 Å². The van der Waals surface area contributed by atoms with Gasteiger partial charge in [-0.25, -0.2) is 0 Å². The molecule has 4 heteroatoms. The Morgan fingerprint density at radius 1 is 1.80 bits per heavy atom. The lowest BCUT2D eigenvalue weighted by molar-refractivity contribution is -0.137. The van der Waals surface area contributed by atoms with Crippen molar-refractivity contribution >= 4 is 22.8 Å². The maximum Gasteiger partial charge on any atom is 0.319 e. The quantitative estimate of drug-likeness (QED) is 0.526. The van der Waals surface area contributed by atoms with Crippen LogP contribution in [0.1, 0.15) is 13.3 Å². The molecular weight excluding hydrogens is 152 g/mol. The lowest BCUT2D eigenvalue weighted by Gasteiger charge is -1.98. The first-order valence-electron chi connectivity index (χ1n) is 3.04. The van der Waals surface area contributed by atoms with E-state index in [9.17, 15) is 9.59 Å². The summed E-state index contributed by atoms with van der Waals surface area (Å²) in [4.78, 5) is 21.2. The zero-order chi connectivity index (χ0) is 7.56. The third kappa shape index (κ3) is 1.73. The molecule has 10 heavy (non-hydrogen) atoms. The Morgan fingerprint density at radius 3 is 2.90 bits per heavy atom. The Labute approximate surface area is 63.1 Å². The number of rotatable bonds is 1. The number of cyclic esters (lactones) is 1. The van der Waals surface area contributed by atoms with Gasteiger partial charge in [0.1, 0.15) is 5.25 Å². The first-order valence-corrected chi connectivity index (χ1v) is 3.92. The summed E-state index contributed by atoms with van der Waals surface area (Å²) in [6.45, 7) is 1.92. The summed E-state index contributed by atoms with van der Waals surface area (Å²) in [5.74, 6) is -0.250. The molecular formula is C6H8O3S. The number of hydrogen-bond acceptors (Lipinski definition) is 4. The normalized spacial score (nSPS) is 24.5. The second-order valence-corrected chi connectivity index (χ2v) is 3.43. The monoisotopic (exact) mass is 160 g/mol. The van der Waals surface area contributed by atoms with Crippen molar-refractivity contribution in [2.75, 3.05) is 6.61 Å². The molecule has 0 radical (unpaired) electrons. The average Bonchev–Trinajstić information content (AvgIpc) is 2.15. The molecule has 1 aliphatic rings. The van der Waals surface area contributed by atoms with E-state index < -0.39 is 0 Å². The van der Waals surface area contributed by atoms with Gasteiger partial charge in [-0.1, -0.05) is 11.8 Å².